The van der Waals surface area contributed by atoms with Crippen LogP contribution in [0.4, 0.5) is 0 Å². The van der Waals surface area contributed by atoms with Gasteiger partial charge in [-0.15, -0.1) is 0 Å². The van der Waals surface area contributed by atoms with Gasteiger partial charge in [-0.25, -0.2) is 0 Å². The second-order valence-corrected chi connectivity index (χ2v) is 7.90. The van der Waals surface area contributed by atoms with E-state index in [2.05, 4.69) is 10.6 Å². The Bertz CT molecular complexity index is 1030. The van der Waals surface area contributed by atoms with Crippen LogP contribution in [0, 0.1) is 0 Å². The number of hydrogen-bond acceptors (Lipinski definition) is 2. The number of carbonyl (C=O) groups excluding carboxylic acids is 2. The lowest BCUT2D eigenvalue weighted by atomic mass is 10.1. The normalized spacial score (nSPS) is 11.1. The Morgan fingerprint density at radius 1 is 0.656 bits per heavy atom. The Hall–Kier alpha value is -3.34. The topological polar surface area (TPSA) is 58.2 Å². The average Bonchev–Trinajstić information content (AvgIpc) is 2.81. The van der Waals surface area contributed by atoms with Crippen LogP contribution in [0.25, 0.3) is 12.2 Å². The lowest BCUT2D eigenvalue weighted by Gasteiger charge is -2.07. The Labute approximate surface area is 197 Å². The molecule has 3 aromatic rings. The largest absolute Gasteiger partial charge is 0.348 e. The fraction of sp³-hybridized carbons (Fsp3) is 0.0769. The van der Waals surface area contributed by atoms with Gasteiger partial charge in [0.25, 0.3) is 0 Å². The molecule has 32 heavy (non-hydrogen) atoms. The van der Waals surface area contributed by atoms with Crippen LogP contribution >= 0.6 is 23.2 Å². The number of rotatable bonds is 8. The molecular weight excluding hydrogens is 443 g/mol. The average molecular weight is 465 g/mol. The van der Waals surface area contributed by atoms with E-state index >= 15 is 0 Å². The van der Waals surface area contributed by atoms with Crippen molar-refractivity contribution in [2.75, 3.05) is 0 Å². The van der Waals surface area contributed by atoms with Gasteiger partial charge in [-0.3, -0.25) is 9.59 Å². The van der Waals surface area contributed by atoms with Crippen molar-refractivity contribution in [3.05, 3.63) is 117 Å². The highest BCUT2D eigenvalue weighted by Gasteiger charge is 2.01. The van der Waals surface area contributed by atoms with E-state index in [4.69, 9.17) is 23.2 Å². The molecule has 0 heterocycles. The second kappa shape index (κ2) is 11.9. The molecule has 6 heteroatoms. The molecule has 3 rings (SSSR count). The molecule has 3 aromatic carbocycles. The summed E-state index contributed by atoms with van der Waals surface area (Å²) in [6.45, 7) is 0.782. The molecule has 0 radical (unpaired) electrons. The number of amides is 2. The van der Waals surface area contributed by atoms with Crippen LogP contribution in [0.3, 0.4) is 0 Å². The minimum atomic E-state index is -0.189. The number of nitrogens with one attached hydrogen (secondary N) is 2. The highest BCUT2D eigenvalue weighted by atomic mass is 35.5. The fourth-order valence-corrected chi connectivity index (χ4v) is 3.09. The summed E-state index contributed by atoms with van der Waals surface area (Å²) in [6, 6.07) is 22.2. The van der Waals surface area contributed by atoms with Gasteiger partial charge in [0.05, 0.1) is 0 Å². The van der Waals surface area contributed by atoms with Gasteiger partial charge in [0.1, 0.15) is 0 Å². The lowest BCUT2D eigenvalue weighted by molar-refractivity contribution is -0.117. The third-order valence-electron chi connectivity index (χ3n) is 4.52. The van der Waals surface area contributed by atoms with Crippen LogP contribution in [0.5, 0.6) is 0 Å². The van der Waals surface area contributed by atoms with Gasteiger partial charge in [-0.2, -0.15) is 0 Å². The first kappa shape index (κ1) is 23.3. The summed E-state index contributed by atoms with van der Waals surface area (Å²) < 4.78 is 0. The van der Waals surface area contributed by atoms with Crippen LogP contribution in [0.1, 0.15) is 22.3 Å². The van der Waals surface area contributed by atoms with Crippen molar-refractivity contribution in [3.63, 3.8) is 0 Å². The maximum Gasteiger partial charge on any atom is 0.244 e. The second-order valence-electron chi connectivity index (χ2n) is 7.03. The summed E-state index contributed by atoms with van der Waals surface area (Å²) in [5, 5.41) is 7.02. The molecule has 4 nitrogen and oxygen atoms in total. The van der Waals surface area contributed by atoms with Crippen molar-refractivity contribution in [2.45, 2.75) is 13.1 Å². The van der Waals surface area contributed by atoms with Crippen LogP contribution in [-0.2, 0) is 22.7 Å². The van der Waals surface area contributed by atoms with E-state index in [9.17, 15) is 9.59 Å². The van der Waals surface area contributed by atoms with Crippen LogP contribution in [0.15, 0.2) is 84.9 Å². The molecule has 162 valence electrons. The molecule has 0 atom stereocenters. The Morgan fingerprint density at radius 2 is 1.06 bits per heavy atom. The van der Waals surface area contributed by atoms with Gasteiger partial charge >= 0.3 is 0 Å². The zero-order chi connectivity index (χ0) is 22.8. The van der Waals surface area contributed by atoms with Gasteiger partial charge in [-0.1, -0.05) is 71.7 Å². The highest BCUT2D eigenvalue weighted by Crippen LogP contribution is 2.11. The van der Waals surface area contributed by atoms with Gasteiger partial charge in [-0.05, 0) is 58.7 Å². The van der Waals surface area contributed by atoms with E-state index in [0.29, 0.717) is 23.1 Å². The molecule has 2 amide bonds. The SMILES string of the molecule is O=C(/C=C\c1ccc(Cl)cc1)NCc1cccc(CNC(=O)/C=C\c2ccc(Cl)cc2)c1. The minimum Gasteiger partial charge on any atom is -0.348 e. The molecule has 0 spiro atoms. The molecule has 0 aliphatic heterocycles. The fourth-order valence-electron chi connectivity index (χ4n) is 2.84. The number of benzene rings is 3. The lowest BCUT2D eigenvalue weighted by Crippen LogP contribution is -2.21. The highest BCUT2D eigenvalue weighted by molar-refractivity contribution is 6.30. The molecule has 0 saturated heterocycles. The van der Waals surface area contributed by atoms with Gasteiger partial charge in [0.15, 0.2) is 0 Å². The molecule has 2 N–H and O–H groups in total. The molecule has 0 unspecified atom stereocenters. The summed E-state index contributed by atoms with van der Waals surface area (Å²) in [7, 11) is 0. The summed E-state index contributed by atoms with van der Waals surface area (Å²) in [4.78, 5) is 24.1. The van der Waals surface area contributed by atoms with Gasteiger partial charge in [0.2, 0.25) is 11.8 Å². The Balaban J connectivity index is 1.46. The number of carbonyl (C=O) groups is 2. The summed E-state index contributed by atoms with van der Waals surface area (Å²) in [5.41, 5.74) is 3.68. The van der Waals surface area contributed by atoms with Crippen molar-refractivity contribution in [3.8, 4) is 0 Å². The van der Waals surface area contributed by atoms with Crippen LogP contribution in [-0.4, -0.2) is 11.8 Å². The maximum atomic E-state index is 12.1. The summed E-state index contributed by atoms with van der Waals surface area (Å²) in [5.74, 6) is -0.378. The monoisotopic (exact) mass is 464 g/mol. The summed E-state index contributed by atoms with van der Waals surface area (Å²) >= 11 is 11.7. The molecule has 0 saturated carbocycles. The molecular formula is C26H22Cl2N2O2. The molecule has 0 aliphatic carbocycles. The Morgan fingerprint density at radius 3 is 1.47 bits per heavy atom. The first-order valence-electron chi connectivity index (χ1n) is 9.99. The van der Waals surface area contributed by atoms with Crippen LogP contribution in [0.2, 0.25) is 10.0 Å². The minimum absolute atomic E-state index is 0.189. The van der Waals surface area contributed by atoms with E-state index in [0.717, 1.165) is 22.3 Å². The molecule has 0 aromatic heterocycles. The Kier molecular flexibility index (Phi) is 8.67. The number of halogens is 2. The van der Waals surface area contributed by atoms with Crippen molar-refractivity contribution < 1.29 is 9.59 Å². The quantitative estimate of drug-likeness (QED) is 0.423. The van der Waals surface area contributed by atoms with Crippen molar-refractivity contribution >= 4 is 47.2 Å². The first-order valence-corrected chi connectivity index (χ1v) is 10.7. The van der Waals surface area contributed by atoms with Gasteiger partial charge in [0, 0.05) is 35.3 Å². The predicted octanol–water partition coefficient (Wildman–Crippen LogP) is 5.65. The molecule has 0 aliphatic rings. The smallest absolute Gasteiger partial charge is 0.244 e. The zero-order valence-electron chi connectivity index (χ0n) is 17.2. The standard InChI is InChI=1S/C26H22Cl2N2O2/c27-23-10-4-19(5-11-23)8-14-25(31)29-17-21-2-1-3-22(16-21)18-30-26(32)15-9-20-6-12-24(28)13-7-20/h1-16H,17-18H2,(H,29,31)(H,30,32)/b14-8-,15-9-. The van der Waals surface area contributed by atoms with Crippen molar-refractivity contribution in [2.24, 2.45) is 0 Å². The third kappa shape index (κ3) is 8.06. The van der Waals surface area contributed by atoms with Gasteiger partial charge < -0.3 is 10.6 Å². The summed E-state index contributed by atoms with van der Waals surface area (Å²) in [6.07, 6.45) is 6.44. The van der Waals surface area contributed by atoms with E-state index in [1.807, 2.05) is 48.5 Å². The van der Waals surface area contributed by atoms with E-state index in [1.54, 1.807) is 36.4 Å². The number of hydrogen-bond donors (Lipinski definition) is 2. The third-order valence-corrected chi connectivity index (χ3v) is 5.02. The van der Waals surface area contributed by atoms with Crippen LogP contribution < -0.4 is 10.6 Å². The van der Waals surface area contributed by atoms with E-state index in [-0.39, 0.29) is 11.8 Å². The van der Waals surface area contributed by atoms with E-state index in [1.165, 1.54) is 12.2 Å². The molecule has 0 fully saturated rings. The first-order chi connectivity index (χ1) is 15.5. The van der Waals surface area contributed by atoms with E-state index < -0.39 is 0 Å². The maximum absolute atomic E-state index is 12.1. The van der Waals surface area contributed by atoms with Crippen molar-refractivity contribution in [1.29, 1.82) is 0 Å². The predicted molar refractivity (Wildman–Crippen MR) is 131 cm³/mol. The zero-order valence-corrected chi connectivity index (χ0v) is 18.7. The van der Waals surface area contributed by atoms with Crippen molar-refractivity contribution in [1.82, 2.24) is 10.6 Å². The molecule has 0 bridgehead atoms.